The Balaban J connectivity index is 1.84. The van der Waals surface area contributed by atoms with Crippen LogP contribution in [-0.4, -0.2) is 12.6 Å². The lowest BCUT2D eigenvalue weighted by Crippen LogP contribution is -2.16. The van der Waals surface area contributed by atoms with Crippen molar-refractivity contribution in [2.75, 3.05) is 6.61 Å². The first-order valence-electron chi connectivity index (χ1n) is 6.81. The smallest absolute Gasteiger partial charge is 0.123 e. The van der Waals surface area contributed by atoms with Gasteiger partial charge in [-0.3, -0.25) is 0 Å². The molecule has 0 aliphatic heterocycles. The molecule has 1 N–H and O–H groups in total. The average molecular weight is 279 g/mol. The molecule has 4 heteroatoms. The van der Waals surface area contributed by atoms with E-state index in [1.54, 1.807) is 0 Å². The Hall–Kier alpha value is -1.24. The maximum absolute atomic E-state index is 8.47. The second-order valence-electron chi connectivity index (χ2n) is 4.87. The molecule has 0 aromatic heterocycles. The highest BCUT2D eigenvalue weighted by Crippen LogP contribution is 2.25. The normalized spacial score (nSPS) is 14.1. The first-order valence-corrected chi connectivity index (χ1v) is 7.19. The van der Waals surface area contributed by atoms with Gasteiger partial charge in [-0.25, -0.2) is 0 Å². The van der Waals surface area contributed by atoms with Crippen LogP contribution in [0.3, 0.4) is 0 Å². The molecule has 0 atom stereocenters. The summed E-state index contributed by atoms with van der Waals surface area (Å²) in [6.45, 7) is 1.46. The Bertz CT molecular complexity index is 452. The maximum atomic E-state index is 8.47. The van der Waals surface area contributed by atoms with Crippen LogP contribution in [0.2, 0.25) is 5.02 Å². The van der Waals surface area contributed by atoms with Crippen molar-refractivity contribution in [3.05, 3.63) is 28.8 Å². The zero-order chi connectivity index (χ0) is 13.5. The monoisotopic (exact) mass is 278 g/mol. The largest absolute Gasteiger partial charge is 0.493 e. The minimum absolute atomic E-state index is 0.597. The highest BCUT2D eigenvalue weighted by atomic mass is 35.5. The van der Waals surface area contributed by atoms with Crippen molar-refractivity contribution < 1.29 is 4.74 Å². The molecule has 1 fully saturated rings. The highest BCUT2D eigenvalue weighted by Gasteiger charge is 2.20. The first kappa shape index (κ1) is 14.2. The van der Waals surface area contributed by atoms with Crippen LogP contribution >= 0.6 is 11.6 Å². The van der Waals surface area contributed by atoms with Gasteiger partial charge in [0.15, 0.2) is 0 Å². The number of hydrogen-bond acceptors (Lipinski definition) is 3. The van der Waals surface area contributed by atoms with Crippen molar-refractivity contribution in [3.63, 3.8) is 0 Å². The second-order valence-corrected chi connectivity index (χ2v) is 5.31. The van der Waals surface area contributed by atoms with E-state index in [-0.39, 0.29) is 0 Å². The number of ether oxygens (including phenoxy) is 1. The molecule has 0 unspecified atom stereocenters. The Labute approximate surface area is 119 Å². The van der Waals surface area contributed by atoms with Gasteiger partial charge in [0.2, 0.25) is 0 Å². The second kappa shape index (κ2) is 7.37. The Kier molecular flexibility index (Phi) is 5.50. The summed E-state index contributed by atoms with van der Waals surface area (Å²) < 4.78 is 5.78. The van der Waals surface area contributed by atoms with Gasteiger partial charge in [0.1, 0.15) is 5.75 Å². The zero-order valence-electron chi connectivity index (χ0n) is 11.0. The van der Waals surface area contributed by atoms with Gasteiger partial charge in [0.25, 0.3) is 0 Å². The summed E-state index contributed by atoms with van der Waals surface area (Å²) in [7, 11) is 0. The summed E-state index contributed by atoms with van der Waals surface area (Å²) in [5, 5.41) is 12.7. The predicted molar refractivity (Wildman–Crippen MR) is 76.3 cm³/mol. The maximum Gasteiger partial charge on any atom is 0.123 e. The molecule has 19 heavy (non-hydrogen) atoms. The number of halogens is 1. The molecular formula is C15H19ClN2O. The van der Waals surface area contributed by atoms with E-state index in [1.165, 1.54) is 12.8 Å². The zero-order valence-corrected chi connectivity index (χ0v) is 11.7. The van der Waals surface area contributed by atoms with E-state index < -0.39 is 0 Å². The predicted octanol–water partition coefficient (Wildman–Crippen LogP) is 3.66. The minimum Gasteiger partial charge on any atom is -0.493 e. The third kappa shape index (κ3) is 5.10. The van der Waals surface area contributed by atoms with E-state index in [1.807, 2.05) is 18.2 Å². The van der Waals surface area contributed by atoms with E-state index >= 15 is 0 Å². The van der Waals surface area contributed by atoms with Gasteiger partial charge in [-0.15, -0.1) is 0 Å². The topological polar surface area (TPSA) is 45.0 Å². The summed E-state index contributed by atoms with van der Waals surface area (Å²) in [5.74, 6) is 0.898. The van der Waals surface area contributed by atoms with E-state index in [9.17, 15) is 0 Å². The molecule has 2 rings (SSSR count). The van der Waals surface area contributed by atoms with Gasteiger partial charge in [0, 0.05) is 29.6 Å². The van der Waals surface area contributed by atoms with Crippen LogP contribution in [0, 0.1) is 11.3 Å². The SMILES string of the molecule is N#CCCCCOc1ccc(Cl)cc1CNC1CC1. The van der Waals surface area contributed by atoms with Gasteiger partial charge in [0.05, 0.1) is 12.7 Å². The van der Waals surface area contributed by atoms with Crippen LogP contribution in [0.5, 0.6) is 5.75 Å². The van der Waals surface area contributed by atoms with E-state index in [4.69, 9.17) is 21.6 Å². The minimum atomic E-state index is 0.597. The van der Waals surface area contributed by atoms with Gasteiger partial charge in [-0.1, -0.05) is 11.6 Å². The van der Waals surface area contributed by atoms with Crippen molar-refractivity contribution >= 4 is 11.6 Å². The van der Waals surface area contributed by atoms with Crippen LogP contribution < -0.4 is 10.1 Å². The third-order valence-corrected chi connectivity index (χ3v) is 3.36. The first-order chi connectivity index (χ1) is 9.29. The molecule has 0 amide bonds. The molecule has 102 valence electrons. The van der Waals surface area contributed by atoms with E-state index in [2.05, 4.69) is 11.4 Å². The Morgan fingerprint density at radius 3 is 2.95 bits per heavy atom. The lowest BCUT2D eigenvalue weighted by atomic mass is 10.2. The highest BCUT2D eigenvalue weighted by molar-refractivity contribution is 6.30. The lowest BCUT2D eigenvalue weighted by molar-refractivity contribution is 0.303. The molecule has 3 nitrogen and oxygen atoms in total. The van der Waals surface area contributed by atoms with Gasteiger partial charge in [-0.05, 0) is 43.9 Å². The molecule has 0 spiro atoms. The lowest BCUT2D eigenvalue weighted by Gasteiger charge is -2.12. The van der Waals surface area contributed by atoms with Crippen molar-refractivity contribution in [1.82, 2.24) is 5.32 Å². The number of nitrogens with one attached hydrogen (secondary N) is 1. The molecule has 1 aliphatic rings. The van der Waals surface area contributed by atoms with Crippen molar-refractivity contribution in [1.29, 1.82) is 5.26 Å². The summed E-state index contributed by atoms with van der Waals surface area (Å²) in [4.78, 5) is 0. The molecule has 1 aliphatic carbocycles. The fraction of sp³-hybridized carbons (Fsp3) is 0.533. The summed E-state index contributed by atoms with van der Waals surface area (Å²) in [6, 6.07) is 8.55. The standard InChI is InChI=1S/C15H19ClN2O/c16-13-4-7-15(19-9-3-1-2-8-17)12(10-13)11-18-14-5-6-14/h4,7,10,14,18H,1-3,5-6,9,11H2. The molecular weight excluding hydrogens is 260 g/mol. The van der Waals surface area contributed by atoms with Crippen molar-refractivity contribution in [2.24, 2.45) is 0 Å². The number of rotatable bonds is 8. The van der Waals surface area contributed by atoms with Crippen molar-refractivity contribution in [3.8, 4) is 11.8 Å². The fourth-order valence-corrected chi connectivity index (χ4v) is 2.05. The molecule has 1 aromatic carbocycles. The fourth-order valence-electron chi connectivity index (χ4n) is 1.86. The Morgan fingerprint density at radius 1 is 1.37 bits per heavy atom. The molecule has 0 bridgehead atoms. The average Bonchev–Trinajstić information content (AvgIpc) is 3.22. The molecule has 1 saturated carbocycles. The van der Waals surface area contributed by atoms with Gasteiger partial charge >= 0.3 is 0 Å². The summed E-state index contributed by atoms with van der Waals surface area (Å²) >= 11 is 6.03. The Morgan fingerprint density at radius 2 is 2.21 bits per heavy atom. The molecule has 0 heterocycles. The van der Waals surface area contributed by atoms with Crippen LogP contribution in [0.4, 0.5) is 0 Å². The van der Waals surface area contributed by atoms with E-state index in [0.717, 1.165) is 35.7 Å². The van der Waals surface area contributed by atoms with E-state index in [0.29, 0.717) is 19.1 Å². The van der Waals surface area contributed by atoms with Crippen LogP contribution in [-0.2, 0) is 6.54 Å². The van der Waals surface area contributed by atoms with Crippen LogP contribution in [0.1, 0.15) is 37.7 Å². The number of nitrogens with zero attached hydrogens (tertiary/aromatic N) is 1. The molecule has 1 aromatic rings. The van der Waals surface area contributed by atoms with Crippen LogP contribution in [0.15, 0.2) is 18.2 Å². The third-order valence-electron chi connectivity index (χ3n) is 3.12. The number of unbranched alkanes of at least 4 members (excludes halogenated alkanes) is 2. The number of nitriles is 1. The van der Waals surface area contributed by atoms with Crippen LogP contribution in [0.25, 0.3) is 0 Å². The number of benzene rings is 1. The summed E-state index contributed by atoms with van der Waals surface area (Å²) in [5.41, 5.74) is 1.11. The quantitative estimate of drug-likeness (QED) is 0.738. The van der Waals surface area contributed by atoms with Gasteiger partial charge < -0.3 is 10.1 Å². The summed E-state index contributed by atoms with van der Waals surface area (Å²) in [6.07, 6.45) is 4.93. The van der Waals surface area contributed by atoms with Crippen molar-refractivity contribution in [2.45, 2.75) is 44.7 Å². The number of hydrogen-bond donors (Lipinski definition) is 1. The molecule has 0 radical (unpaired) electrons. The van der Waals surface area contributed by atoms with Gasteiger partial charge in [-0.2, -0.15) is 5.26 Å². The molecule has 0 saturated heterocycles.